The van der Waals surface area contributed by atoms with Crippen molar-refractivity contribution in [3.63, 3.8) is 0 Å². The van der Waals surface area contributed by atoms with Crippen molar-refractivity contribution in [2.45, 2.75) is 18.9 Å². The minimum absolute atomic E-state index is 0.0647. The summed E-state index contributed by atoms with van der Waals surface area (Å²) in [4.78, 5) is 19.9. The average Bonchev–Trinajstić information content (AvgIpc) is 3.14. The van der Waals surface area contributed by atoms with E-state index < -0.39 is 0 Å². The maximum Gasteiger partial charge on any atom is 0.255 e. The van der Waals surface area contributed by atoms with Crippen molar-refractivity contribution in [1.82, 2.24) is 15.2 Å². The van der Waals surface area contributed by atoms with Crippen LogP contribution in [0.4, 0.5) is 0 Å². The molecule has 3 aromatic rings. The van der Waals surface area contributed by atoms with Gasteiger partial charge in [-0.3, -0.25) is 4.79 Å². The fourth-order valence-corrected chi connectivity index (χ4v) is 4.21. The van der Waals surface area contributed by atoms with E-state index in [9.17, 15) is 4.79 Å². The molecular weight excluding hydrogens is 326 g/mol. The maximum atomic E-state index is 12.9. The summed E-state index contributed by atoms with van der Waals surface area (Å²) in [5, 5.41) is 3.24. The van der Waals surface area contributed by atoms with Crippen molar-refractivity contribution in [2.75, 3.05) is 19.6 Å². The maximum absolute atomic E-state index is 12.9. The number of nitrogens with zero attached hydrogens (tertiary/aromatic N) is 2. The van der Waals surface area contributed by atoms with Gasteiger partial charge in [-0.15, -0.1) is 0 Å². The van der Waals surface area contributed by atoms with E-state index >= 15 is 0 Å². The Bertz CT molecular complexity index is 942. The third-order valence-corrected chi connectivity index (χ3v) is 5.65. The fraction of sp³-hybridized carbons (Fsp3) is 0.333. The van der Waals surface area contributed by atoms with Gasteiger partial charge in [-0.25, -0.2) is 4.98 Å². The minimum atomic E-state index is -0.0647. The van der Waals surface area contributed by atoms with Gasteiger partial charge in [0.25, 0.3) is 5.91 Å². The van der Waals surface area contributed by atoms with Gasteiger partial charge < -0.3 is 14.6 Å². The largest absolute Gasteiger partial charge is 0.435 e. The van der Waals surface area contributed by atoms with E-state index in [4.69, 9.17) is 4.42 Å². The Kier molecular flexibility index (Phi) is 3.75. The van der Waals surface area contributed by atoms with Crippen LogP contribution in [-0.4, -0.2) is 41.5 Å². The summed E-state index contributed by atoms with van der Waals surface area (Å²) in [5.74, 6) is 1.08. The molecule has 1 amide bonds. The Hall–Kier alpha value is -2.66. The Balaban J connectivity index is 1.45. The Morgan fingerprint density at radius 3 is 2.62 bits per heavy atom. The molecule has 0 unspecified atom stereocenters. The van der Waals surface area contributed by atoms with Gasteiger partial charge in [-0.1, -0.05) is 24.3 Å². The standard InChI is InChI=1S/C21H21N3O2/c25-20(22-18-13-24-11-9-14(18)10-12-24)16-7-4-8-17-19(16)26-21(23-17)15-5-2-1-3-6-15/h1-8,14,18H,9-13H2,(H,22,25)/t18-/m0/s1. The number of piperidine rings is 3. The molecule has 0 aliphatic carbocycles. The van der Waals surface area contributed by atoms with Gasteiger partial charge in [-0.2, -0.15) is 0 Å². The Morgan fingerprint density at radius 1 is 1.08 bits per heavy atom. The number of aromatic nitrogens is 1. The number of carbonyl (C=O) groups excluding carboxylic acids is 1. The Labute approximate surface area is 152 Å². The number of hydrogen-bond donors (Lipinski definition) is 1. The van der Waals surface area contributed by atoms with E-state index in [1.54, 1.807) is 0 Å². The molecule has 3 aliphatic rings. The van der Waals surface area contributed by atoms with Crippen LogP contribution < -0.4 is 5.32 Å². The molecule has 1 aromatic heterocycles. The van der Waals surface area contributed by atoms with Crippen LogP contribution in [0.1, 0.15) is 23.2 Å². The van der Waals surface area contributed by atoms with E-state index in [1.165, 1.54) is 12.8 Å². The van der Waals surface area contributed by atoms with Gasteiger partial charge in [0.2, 0.25) is 5.89 Å². The van der Waals surface area contributed by atoms with Crippen LogP contribution in [0.2, 0.25) is 0 Å². The van der Waals surface area contributed by atoms with Gasteiger partial charge >= 0.3 is 0 Å². The first kappa shape index (κ1) is 15.6. The highest BCUT2D eigenvalue weighted by molar-refractivity contribution is 6.04. The molecule has 0 spiro atoms. The van der Waals surface area contributed by atoms with Crippen LogP contribution >= 0.6 is 0 Å². The quantitative estimate of drug-likeness (QED) is 0.790. The van der Waals surface area contributed by atoms with E-state index in [2.05, 4.69) is 15.2 Å². The molecule has 3 aliphatic heterocycles. The lowest BCUT2D eigenvalue weighted by Crippen LogP contribution is -2.57. The molecule has 26 heavy (non-hydrogen) atoms. The highest BCUT2D eigenvalue weighted by Crippen LogP contribution is 2.29. The van der Waals surface area contributed by atoms with Crippen LogP contribution in [-0.2, 0) is 0 Å². The van der Waals surface area contributed by atoms with Crippen molar-refractivity contribution in [1.29, 1.82) is 0 Å². The minimum Gasteiger partial charge on any atom is -0.435 e. The molecule has 1 atom stereocenters. The fourth-order valence-electron chi connectivity index (χ4n) is 4.21. The summed E-state index contributed by atoms with van der Waals surface area (Å²) in [7, 11) is 0. The van der Waals surface area contributed by atoms with E-state index in [-0.39, 0.29) is 11.9 Å². The molecule has 5 nitrogen and oxygen atoms in total. The highest BCUT2D eigenvalue weighted by Gasteiger charge is 2.35. The number of nitrogens with one attached hydrogen (secondary N) is 1. The van der Waals surface area contributed by atoms with Crippen molar-refractivity contribution in [2.24, 2.45) is 5.92 Å². The number of para-hydroxylation sites is 1. The summed E-state index contributed by atoms with van der Waals surface area (Å²) in [6.45, 7) is 3.28. The third kappa shape index (κ3) is 2.69. The van der Waals surface area contributed by atoms with Crippen LogP contribution in [0.5, 0.6) is 0 Å². The number of amides is 1. The van der Waals surface area contributed by atoms with E-state index in [1.807, 2.05) is 48.5 Å². The Morgan fingerprint density at radius 2 is 1.88 bits per heavy atom. The second kappa shape index (κ2) is 6.25. The molecule has 5 heteroatoms. The number of oxazole rings is 1. The molecule has 2 aromatic carbocycles. The number of fused-ring (bicyclic) bond motifs is 4. The number of hydrogen-bond acceptors (Lipinski definition) is 4. The van der Waals surface area contributed by atoms with Crippen molar-refractivity contribution in [3.05, 3.63) is 54.1 Å². The molecule has 1 N–H and O–H groups in total. The zero-order valence-electron chi connectivity index (χ0n) is 14.5. The van der Waals surface area contributed by atoms with Crippen molar-refractivity contribution >= 4 is 17.0 Å². The van der Waals surface area contributed by atoms with Crippen LogP contribution in [0.25, 0.3) is 22.6 Å². The lowest BCUT2D eigenvalue weighted by Gasteiger charge is -2.44. The van der Waals surface area contributed by atoms with Crippen molar-refractivity contribution in [3.8, 4) is 11.5 Å². The molecule has 3 saturated heterocycles. The molecule has 3 fully saturated rings. The lowest BCUT2D eigenvalue weighted by molar-refractivity contribution is 0.0621. The number of carbonyl (C=O) groups is 1. The first-order valence-corrected chi connectivity index (χ1v) is 9.26. The summed E-state index contributed by atoms with van der Waals surface area (Å²) in [6, 6.07) is 15.6. The summed E-state index contributed by atoms with van der Waals surface area (Å²) in [5.41, 5.74) is 2.75. The first-order valence-electron chi connectivity index (χ1n) is 9.26. The molecule has 4 heterocycles. The van der Waals surface area contributed by atoms with Crippen LogP contribution in [0, 0.1) is 5.92 Å². The lowest BCUT2D eigenvalue weighted by atomic mass is 9.84. The van der Waals surface area contributed by atoms with E-state index in [0.29, 0.717) is 28.5 Å². The van der Waals surface area contributed by atoms with Gasteiger partial charge in [0.15, 0.2) is 5.58 Å². The summed E-state index contributed by atoms with van der Waals surface area (Å²) in [6.07, 6.45) is 2.35. The predicted molar refractivity (Wildman–Crippen MR) is 99.9 cm³/mol. The predicted octanol–water partition coefficient (Wildman–Crippen LogP) is 3.32. The molecular formula is C21H21N3O2. The molecule has 0 radical (unpaired) electrons. The summed E-state index contributed by atoms with van der Waals surface area (Å²) >= 11 is 0. The zero-order valence-corrected chi connectivity index (χ0v) is 14.5. The van der Waals surface area contributed by atoms with Crippen molar-refractivity contribution < 1.29 is 9.21 Å². The number of benzene rings is 2. The normalized spacial score (nSPS) is 24.7. The molecule has 6 rings (SSSR count). The average molecular weight is 347 g/mol. The topological polar surface area (TPSA) is 58.4 Å². The second-order valence-electron chi connectivity index (χ2n) is 7.26. The first-order chi connectivity index (χ1) is 12.8. The van der Waals surface area contributed by atoms with Crippen LogP contribution in [0.3, 0.4) is 0 Å². The zero-order chi connectivity index (χ0) is 17.5. The second-order valence-corrected chi connectivity index (χ2v) is 7.26. The summed E-state index contributed by atoms with van der Waals surface area (Å²) < 4.78 is 5.98. The molecule has 2 bridgehead atoms. The van der Waals surface area contributed by atoms with E-state index in [0.717, 1.165) is 25.2 Å². The molecule has 132 valence electrons. The number of rotatable bonds is 3. The van der Waals surface area contributed by atoms with Crippen LogP contribution in [0.15, 0.2) is 52.9 Å². The van der Waals surface area contributed by atoms with Gasteiger partial charge in [0, 0.05) is 18.2 Å². The highest BCUT2D eigenvalue weighted by atomic mass is 16.3. The van der Waals surface area contributed by atoms with Gasteiger partial charge in [-0.05, 0) is 56.1 Å². The SMILES string of the molecule is O=C(N[C@H]1CN2CCC1CC2)c1cccc2nc(-c3ccccc3)oc12. The monoisotopic (exact) mass is 347 g/mol. The molecule has 0 saturated carbocycles. The van der Waals surface area contributed by atoms with Gasteiger partial charge in [0.1, 0.15) is 5.52 Å². The smallest absolute Gasteiger partial charge is 0.255 e. The third-order valence-electron chi connectivity index (χ3n) is 5.65. The van der Waals surface area contributed by atoms with Gasteiger partial charge in [0.05, 0.1) is 5.56 Å².